The second-order valence-electron chi connectivity index (χ2n) is 12.6. The molecule has 36 heavy (non-hydrogen) atoms. The molecule has 2 N–H and O–H groups in total. The number of rotatable bonds is 12. The van der Waals surface area contributed by atoms with Crippen LogP contribution in [-0.4, -0.2) is 82.6 Å². The molecule has 0 aromatic heterocycles. The van der Waals surface area contributed by atoms with Crippen molar-refractivity contribution in [2.75, 3.05) is 38.4 Å². The van der Waals surface area contributed by atoms with Gasteiger partial charge in [0.05, 0.1) is 25.0 Å². The molecule has 2 rings (SSSR count). The highest BCUT2D eigenvalue weighted by Crippen LogP contribution is 2.36. The van der Waals surface area contributed by atoms with E-state index in [-0.39, 0.29) is 47.5 Å². The van der Waals surface area contributed by atoms with Crippen LogP contribution in [0.2, 0.25) is 0 Å². The van der Waals surface area contributed by atoms with Crippen molar-refractivity contribution in [1.82, 2.24) is 15.5 Å². The quantitative estimate of drug-likeness (QED) is 0.376. The largest absolute Gasteiger partial charge is 0.449 e. The Morgan fingerprint density at radius 2 is 1.75 bits per heavy atom. The number of hydrogen-bond acceptors (Lipinski definition) is 6. The zero-order chi connectivity index (χ0) is 27.1. The molecular weight excluding hydrogens is 478 g/mol. The van der Waals surface area contributed by atoms with Crippen LogP contribution in [0.25, 0.3) is 0 Å². The maximum atomic E-state index is 12.6. The van der Waals surface area contributed by atoms with Crippen LogP contribution >= 0.6 is 0 Å². The summed E-state index contributed by atoms with van der Waals surface area (Å²) in [5.74, 6) is 1.23. The van der Waals surface area contributed by atoms with E-state index in [1.165, 1.54) is 0 Å². The van der Waals surface area contributed by atoms with Crippen LogP contribution in [0.3, 0.4) is 0 Å². The first kappa shape index (κ1) is 30.8. The van der Waals surface area contributed by atoms with E-state index in [2.05, 4.69) is 71.0 Å². The number of amides is 2. The van der Waals surface area contributed by atoms with Crippen molar-refractivity contribution in [2.45, 2.75) is 97.3 Å². The van der Waals surface area contributed by atoms with Gasteiger partial charge < -0.3 is 20.1 Å². The molecule has 8 nitrogen and oxygen atoms in total. The highest BCUT2D eigenvalue weighted by Gasteiger charge is 2.43. The van der Waals surface area contributed by atoms with E-state index in [0.717, 1.165) is 19.3 Å². The van der Waals surface area contributed by atoms with Gasteiger partial charge in [0, 0.05) is 45.5 Å². The van der Waals surface area contributed by atoms with E-state index in [4.69, 9.17) is 9.47 Å². The van der Waals surface area contributed by atoms with Crippen LogP contribution in [-0.2, 0) is 25.1 Å². The summed E-state index contributed by atoms with van der Waals surface area (Å²) in [6, 6.07) is -0.0975. The highest BCUT2D eigenvalue weighted by molar-refractivity contribution is 7.85. The molecule has 9 heteroatoms. The van der Waals surface area contributed by atoms with Gasteiger partial charge in [0.15, 0.2) is 0 Å². The monoisotopic (exact) mass is 527 g/mol. The third-order valence-corrected chi connectivity index (χ3v) is 8.97. The van der Waals surface area contributed by atoms with Gasteiger partial charge in [-0.05, 0) is 59.9 Å². The molecule has 2 saturated heterocycles. The van der Waals surface area contributed by atoms with E-state index < -0.39 is 16.9 Å². The minimum Gasteiger partial charge on any atom is -0.449 e. The summed E-state index contributed by atoms with van der Waals surface area (Å²) in [7, 11) is 1.10. The normalized spacial score (nSPS) is 23.1. The number of nitrogens with one attached hydrogen (secondary N) is 2. The summed E-state index contributed by atoms with van der Waals surface area (Å²) < 4.78 is 22.7. The average molecular weight is 528 g/mol. The van der Waals surface area contributed by atoms with E-state index in [1.807, 2.05) is 12.2 Å². The summed E-state index contributed by atoms with van der Waals surface area (Å²) in [6.07, 6.45) is 5.98. The fourth-order valence-corrected chi connectivity index (χ4v) is 6.57. The first-order chi connectivity index (χ1) is 16.6. The molecule has 0 aromatic carbocycles. The van der Waals surface area contributed by atoms with Crippen LogP contribution < -0.4 is 10.6 Å². The summed E-state index contributed by atoms with van der Waals surface area (Å²) in [5.41, 5.74) is 0.00300. The highest BCUT2D eigenvalue weighted by atomic mass is 32.2. The number of carbonyl (C=O) groups excluding carboxylic acids is 2. The lowest BCUT2D eigenvalue weighted by molar-refractivity contribution is -0.122. The number of alkyl carbamates (subject to hydrolysis) is 1. The van der Waals surface area contributed by atoms with Crippen molar-refractivity contribution in [3.05, 3.63) is 12.2 Å². The Balaban J connectivity index is 1.77. The Bertz CT molecular complexity index is 789. The molecule has 0 aliphatic carbocycles. The Morgan fingerprint density at radius 3 is 2.28 bits per heavy atom. The molecule has 2 aliphatic rings. The Hall–Kier alpha value is -1.45. The van der Waals surface area contributed by atoms with Gasteiger partial charge in [0.25, 0.3) is 0 Å². The van der Waals surface area contributed by atoms with E-state index in [1.54, 1.807) is 0 Å². The van der Waals surface area contributed by atoms with Gasteiger partial charge >= 0.3 is 6.09 Å². The third kappa shape index (κ3) is 9.78. The maximum absolute atomic E-state index is 12.6. The minimum atomic E-state index is -1.05. The molecule has 2 heterocycles. The summed E-state index contributed by atoms with van der Waals surface area (Å²) in [5, 5.41) is 6.07. The number of likely N-dealkylation sites (tertiary alicyclic amines) is 1. The summed E-state index contributed by atoms with van der Waals surface area (Å²) in [4.78, 5) is 27.3. The molecule has 208 valence electrons. The first-order valence-corrected chi connectivity index (χ1v) is 14.7. The Morgan fingerprint density at radius 1 is 1.14 bits per heavy atom. The fourth-order valence-electron chi connectivity index (χ4n) is 5.21. The Labute approximate surface area is 220 Å². The van der Waals surface area contributed by atoms with Gasteiger partial charge in [-0.3, -0.25) is 13.9 Å². The first-order valence-electron chi connectivity index (χ1n) is 13.2. The van der Waals surface area contributed by atoms with Gasteiger partial charge in [-0.1, -0.05) is 32.9 Å². The predicted octanol–water partition coefficient (Wildman–Crippen LogP) is 3.63. The van der Waals surface area contributed by atoms with Crippen LogP contribution in [0.15, 0.2) is 12.2 Å². The fraction of sp³-hybridized carbons (Fsp3) is 0.852. The number of carbonyl (C=O) groups is 2. The van der Waals surface area contributed by atoms with Crippen molar-refractivity contribution in [3.63, 3.8) is 0 Å². The van der Waals surface area contributed by atoms with E-state index >= 15 is 0 Å². The lowest BCUT2D eigenvalue weighted by Gasteiger charge is -2.53. The second-order valence-corrected chi connectivity index (χ2v) is 14.2. The average Bonchev–Trinajstić information content (AvgIpc) is 2.69. The molecule has 2 aliphatic heterocycles. The molecule has 2 fully saturated rings. The van der Waals surface area contributed by atoms with Gasteiger partial charge in [-0.25, -0.2) is 4.79 Å². The molecule has 0 saturated carbocycles. The zero-order valence-corrected chi connectivity index (χ0v) is 24.5. The van der Waals surface area contributed by atoms with Crippen LogP contribution in [0.1, 0.15) is 74.1 Å². The predicted molar refractivity (Wildman–Crippen MR) is 145 cm³/mol. The molecular formula is C27H49N3O5S. The summed E-state index contributed by atoms with van der Waals surface area (Å²) >= 11 is 0. The third-order valence-electron chi connectivity index (χ3n) is 7.33. The van der Waals surface area contributed by atoms with Gasteiger partial charge in [0.2, 0.25) is 5.91 Å². The Kier molecular flexibility index (Phi) is 11.0. The van der Waals surface area contributed by atoms with Crippen molar-refractivity contribution < 1.29 is 23.3 Å². The molecule has 0 radical (unpaired) electrons. The number of hydrogen-bond donors (Lipinski definition) is 2. The molecule has 0 bridgehead atoms. The van der Waals surface area contributed by atoms with Crippen LogP contribution in [0, 0.1) is 11.3 Å². The van der Waals surface area contributed by atoms with Crippen molar-refractivity contribution in [2.24, 2.45) is 11.3 Å². The number of nitrogens with zero attached hydrogens (tertiary/aromatic N) is 1. The van der Waals surface area contributed by atoms with Crippen molar-refractivity contribution in [3.8, 4) is 0 Å². The van der Waals surface area contributed by atoms with Gasteiger partial charge in [0.1, 0.15) is 6.61 Å². The molecule has 1 unspecified atom stereocenters. The summed E-state index contributed by atoms with van der Waals surface area (Å²) in [6.45, 7) is 16.5. The lowest BCUT2D eigenvalue weighted by Crippen LogP contribution is -2.62. The second kappa shape index (κ2) is 12.9. The number of piperidine rings is 1. The van der Waals surface area contributed by atoms with Gasteiger partial charge in [-0.15, -0.1) is 0 Å². The lowest BCUT2D eigenvalue weighted by atomic mass is 9.77. The molecule has 2 atom stereocenters. The smallest absolute Gasteiger partial charge is 0.407 e. The minimum absolute atomic E-state index is 0.00804. The standard InChI is InChI=1S/C27H49N3O5S/c1-20(2)14-21(29-24(32)35-12-13-36(33)19-27(7)17-34-18-27)10-9-11-23(31)28-22-15-25(3,4)30(8)26(5,6)16-22/h9-10,20-22H,11-19H2,1-8H3,(H,28,31)(H,29,32)/b10-9+/t21-,36?/m1/s1. The molecule has 0 spiro atoms. The molecule has 0 aromatic rings. The van der Waals surface area contributed by atoms with Crippen LogP contribution in [0.5, 0.6) is 0 Å². The van der Waals surface area contributed by atoms with Crippen molar-refractivity contribution >= 4 is 22.8 Å². The zero-order valence-electron chi connectivity index (χ0n) is 23.6. The van der Waals surface area contributed by atoms with E-state index in [9.17, 15) is 13.8 Å². The van der Waals surface area contributed by atoms with E-state index in [0.29, 0.717) is 30.6 Å². The number of ether oxygens (including phenoxy) is 2. The van der Waals surface area contributed by atoms with Crippen molar-refractivity contribution in [1.29, 1.82) is 0 Å². The SMILES string of the molecule is CC(C)C[C@@H](/C=C/CC(=O)NC1CC(C)(C)N(C)C(C)(C)C1)NC(=O)OCCS(=O)CC1(C)COC1. The maximum Gasteiger partial charge on any atom is 0.407 e. The van der Waals surface area contributed by atoms with Crippen LogP contribution in [0.4, 0.5) is 4.79 Å². The molecule has 2 amide bonds. The topological polar surface area (TPSA) is 97.0 Å². The van der Waals surface area contributed by atoms with Gasteiger partial charge in [-0.2, -0.15) is 0 Å².